The summed E-state index contributed by atoms with van der Waals surface area (Å²) in [6.07, 6.45) is 6.90. The average Bonchev–Trinajstić information content (AvgIpc) is 2.71. The zero-order valence-electron chi connectivity index (χ0n) is 17.5. The predicted octanol–water partition coefficient (Wildman–Crippen LogP) is 6.15. The lowest BCUT2D eigenvalue weighted by molar-refractivity contribution is 0.0272. The smallest absolute Gasteiger partial charge is 0.339 e. The molecule has 156 valence electrons. The van der Waals surface area contributed by atoms with E-state index in [1.54, 1.807) is 12.1 Å². The molecule has 2 rings (SSSR count). The van der Waals surface area contributed by atoms with Crippen LogP contribution in [0.4, 0.5) is 0 Å². The van der Waals surface area contributed by atoms with Crippen LogP contribution in [-0.4, -0.2) is 23.1 Å². The standard InChI is InChI=1S/C25H32O4/c1-19(2)12-6-3-4-9-15-21(18-20-13-7-5-8-14-20)29-25(28)23-17-11-10-16-22(23)24(26)27/h5,7-8,10-11,13-14,16-17,19,21H,3-4,6,9,12,15,18H2,1-2H3,(H,26,27). The monoisotopic (exact) mass is 396 g/mol. The fraction of sp³-hybridized carbons (Fsp3) is 0.440. The molecule has 0 spiro atoms. The first kappa shape index (κ1) is 22.7. The van der Waals surface area contributed by atoms with Gasteiger partial charge in [-0.2, -0.15) is 0 Å². The van der Waals surface area contributed by atoms with Crippen LogP contribution in [0.5, 0.6) is 0 Å². The predicted molar refractivity (Wildman–Crippen MR) is 115 cm³/mol. The van der Waals surface area contributed by atoms with Crippen molar-refractivity contribution in [2.75, 3.05) is 0 Å². The van der Waals surface area contributed by atoms with Crippen molar-refractivity contribution in [3.63, 3.8) is 0 Å². The molecule has 0 aromatic heterocycles. The highest BCUT2D eigenvalue weighted by molar-refractivity contribution is 6.02. The molecule has 0 aliphatic heterocycles. The summed E-state index contributed by atoms with van der Waals surface area (Å²) in [6, 6.07) is 16.2. The number of carboxylic acids is 1. The number of hydrogen-bond acceptors (Lipinski definition) is 3. The lowest BCUT2D eigenvalue weighted by Gasteiger charge is -2.19. The van der Waals surface area contributed by atoms with E-state index in [0.29, 0.717) is 6.42 Å². The molecule has 1 N–H and O–H groups in total. The Balaban J connectivity index is 1.99. The van der Waals surface area contributed by atoms with Crippen molar-refractivity contribution in [1.29, 1.82) is 0 Å². The summed E-state index contributed by atoms with van der Waals surface area (Å²) >= 11 is 0. The Labute approximate surface area is 173 Å². The highest BCUT2D eigenvalue weighted by atomic mass is 16.5. The van der Waals surface area contributed by atoms with Gasteiger partial charge < -0.3 is 9.84 Å². The van der Waals surface area contributed by atoms with Gasteiger partial charge in [0.05, 0.1) is 11.1 Å². The first-order chi connectivity index (χ1) is 14.0. The molecule has 0 amide bonds. The Kier molecular flexibility index (Phi) is 9.42. The van der Waals surface area contributed by atoms with Gasteiger partial charge in [0.25, 0.3) is 0 Å². The van der Waals surface area contributed by atoms with E-state index in [9.17, 15) is 14.7 Å². The Morgan fingerprint density at radius 1 is 0.828 bits per heavy atom. The van der Waals surface area contributed by atoms with Gasteiger partial charge in [0.2, 0.25) is 0 Å². The molecular weight excluding hydrogens is 364 g/mol. The molecule has 2 aromatic carbocycles. The summed E-state index contributed by atoms with van der Waals surface area (Å²) in [4.78, 5) is 24.1. The van der Waals surface area contributed by atoms with Crippen LogP contribution in [-0.2, 0) is 11.2 Å². The third-order valence-corrected chi connectivity index (χ3v) is 5.01. The number of benzene rings is 2. The van der Waals surface area contributed by atoms with Crippen LogP contribution in [0.3, 0.4) is 0 Å². The number of esters is 1. The molecule has 4 heteroatoms. The second-order valence-electron chi connectivity index (χ2n) is 7.95. The van der Waals surface area contributed by atoms with Crippen LogP contribution in [0.25, 0.3) is 0 Å². The second kappa shape index (κ2) is 12.1. The maximum Gasteiger partial charge on any atom is 0.339 e. The molecule has 0 aliphatic carbocycles. The summed E-state index contributed by atoms with van der Waals surface area (Å²) in [5, 5.41) is 9.34. The summed E-state index contributed by atoms with van der Waals surface area (Å²) in [7, 11) is 0. The number of hydrogen-bond donors (Lipinski definition) is 1. The van der Waals surface area contributed by atoms with Gasteiger partial charge in [-0.15, -0.1) is 0 Å². The van der Waals surface area contributed by atoms with Crippen LogP contribution in [0.1, 0.15) is 78.7 Å². The first-order valence-corrected chi connectivity index (χ1v) is 10.5. The van der Waals surface area contributed by atoms with Crippen molar-refractivity contribution < 1.29 is 19.4 Å². The fourth-order valence-electron chi connectivity index (χ4n) is 3.42. The van der Waals surface area contributed by atoms with Crippen molar-refractivity contribution >= 4 is 11.9 Å². The quantitative estimate of drug-likeness (QED) is 0.345. The molecular formula is C25H32O4. The molecule has 0 fully saturated rings. The maximum atomic E-state index is 12.7. The van der Waals surface area contributed by atoms with Gasteiger partial charge in [-0.1, -0.05) is 82.0 Å². The van der Waals surface area contributed by atoms with E-state index in [2.05, 4.69) is 13.8 Å². The largest absolute Gasteiger partial charge is 0.478 e. The Hall–Kier alpha value is -2.62. The molecule has 0 saturated carbocycles. The zero-order chi connectivity index (χ0) is 21.1. The minimum Gasteiger partial charge on any atom is -0.478 e. The summed E-state index contributed by atoms with van der Waals surface area (Å²) in [6.45, 7) is 4.48. The van der Waals surface area contributed by atoms with Crippen molar-refractivity contribution in [2.24, 2.45) is 5.92 Å². The lowest BCUT2D eigenvalue weighted by Crippen LogP contribution is -2.22. The molecule has 2 aromatic rings. The highest BCUT2D eigenvalue weighted by Crippen LogP contribution is 2.18. The Morgan fingerprint density at radius 3 is 2.03 bits per heavy atom. The number of unbranched alkanes of at least 4 members (excludes halogenated alkanes) is 3. The fourth-order valence-corrected chi connectivity index (χ4v) is 3.42. The molecule has 4 nitrogen and oxygen atoms in total. The van der Waals surface area contributed by atoms with Gasteiger partial charge in [0.15, 0.2) is 0 Å². The topological polar surface area (TPSA) is 63.6 Å². The van der Waals surface area contributed by atoms with Crippen molar-refractivity contribution in [3.8, 4) is 0 Å². The lowest BCUT2D eigenvalue weighted by atomic mass is 10.00. The first-order valence-electron chi connectivity index (χ1n) is 10.5. The SMILES string of the molecule is CC(C)CCCCCCC(Cc1ccccc1)OC(=O)c1ccccc1C(=O)O. The van der Waals surface area contributed by atoms with Gasteiger partial charge in [0.1, 0.15) is 6.10 Å². The van der Waals surface area contributed by atoms with Crippen LogP contribution in [0.15, 0.2) is 54.6 Å². The molecule has 1 unspecified atom stereocenters. The minimum atomic E-state index is -1.12. The number of carbonyl (C=O) groups excluding carboxylic acids is 1. The van der Waals surface area contributed by atoms with Gasteiger partial charge in [-0.25, -0.2) is 9.59 Å². The Morgan fingerprint density at radius 2 is 1.41 bits per heavy atom. The third-order valence-electron chi connectivity index (χ3n) is 5.01. The second-order valence-corrected chi connectivity index (χ2v) is 7.95. The summed E-state index contributed by atoms with van der Waals surface area (Å²) in [5.74, 6) is -0.956. The van der Waals surface area contributed by atoms with Crippen molar-refractivity contribution in [1.82, 2.24) is 0 Å². The number of carbonyl (C=O) groups is 2. The van der Waals surface area contributed by atoms with Crippen molar-refractivity contribution in [3.05, 3.63) is 71.3 Å². The van der Waals surface area contributed by atoms with E-state index in [4.69, 9.17) is 4.74 Å². The van der Waals surface area contributed by atoms with Gasteiger partial charge in [-0.3, -0.25) is 0 Å². The maximum absolute atomic E-state index is 12.7. The normalized spacial score (nSPS) is 12.0. The highest BCUT2D eigenvalue weighted by Gasteiger charge is 2.21. The van der Waals surface area contributed by atoms with Gasteiger partial charge in [-0.05, 0) is 36.5 Å². The van der Waals surface area contributed by atoms with Crippen LogP contribution in [0, 0.1) is 5.92 Å². The molecule has 1 atom stereocenters. The summed E-state index contributed by atoms with van der Waals surface area (Å²) in [5.41, 5.74) is 1.19. The zero-order valence-corrected chi connectivity index (χ0v) is 17.5. The van der Waals surface area contributed by atoms with Gasteiger partial charge >= 0.3 is 11.9 Å². The third kappa shape index (κ3) is 8.10. The van der Waals surface area contributed by atoms with E-state index in [1.165, 1.54) is 31.4 Å². The minimum absolute atomic E-state index is 0.0235. The summed E-state index contributed by atoms with van der Waals surface area (Å²) < 4.78 is 5.77. The number of ether oxygens (including phenoxy) is 1. The van der Waals surface area contributed by atoms with Crippen molar-refractivity contribution in [2.45, 2.75) is 64.9 Å². The van der Waals surface area contributed by atoms with E-state index < -0.39 is 11.9 Å². The number of rotatable bonds is 12. The van der Waals surface area contributed by atoms with Gasteiger partial charge in [0, 0.05) is 6.42 Å². The number of aromatic carboxylic acids is 1. The molecule has 0 radical (unpaired) electrons. The van der Waals surface area contributed by atoms with Crippen LogP contribution in [0.2, 0.25) is 0 Å². The van der Waals surface area contributed by atoms with E-state index in [0.717, 1.165) is 30.7 Å². The van der Waals surface area contributed by atoms with E-state index in [1.807, 2.05) is 30.3 Å². The molecule has 29 heavy (non-hydrogen) atoms. The van der Waals surface area contributed by atoms with Crippen LogP contribution < -0.4 is 0 Å². The van der Waals surface area contributed by atoms with E-state index >= 15 is 0 Å². The molecule has 0 saturated heterocycles. The molecule has 0 bridgehead atoms. The average molecular weight is 397 g/mol. The Bertz CT molecular complexity index is 767. The molecule has 0 aliphatic rings. The molecule has 0 heterocycles. The number of carboxylic acid groups (broad SMARTS) is 1. The van der Waals surface area contributed by atoms with Crippen LogP contribution >= 0.6 is 0 Å². The van der Waals surface area contributed by atoms with E-state index in [-0.39, 0.29) is 17.2 Å².